The van der Waals surface area contributed by atoms with E-state index in [1.807, 2.05) is 25.1 Å². The molecule has 0 saturated carbocycles. The number of carbonyl (C=O) groups excluding carboxylic acids is 1. The number of rotatable bonds is 6. The number of ether oxygens (including phenoxy) is 1. The Kier molecular flexibility index (Phi) is 4.55. The molecule has 0 aliphatic heterocycles. The van der Waals surface area contributed by atoms with Crippen molar-refractivity contribution in [2.24, 2.45) is 0 Å². The van der Waals surface area contributed by atoms with Crippen LogP contribution in [0.3, 0.4) is 0 Å². The highest BCUT2D eigenvalue weighted by atomic mass is 16.5. The van der Waals surface area contributed by atoms with Crippen molar-refractivity contribution >= 4 is 17.6 Å². The molecule has 7 nitrogen and oxygen atoms in total. The number of aliphatic carboxylic acids is 1. The van der Waals surface area contributed by atoms with E-state index >= 15 is 0 Å². The summed E-state index contributed by atoms with van der Waals surface area (Å²) >= 11 is 0. The van der Waals surface area contributed by atoms with Crippen LogP contribution in [0.4, 0.5) is 5.69 Å². The summed E-state index contributed by atoms with van der Waals surface area (Å²) in [7, 11) is 0. The van der Waals surface area contributed by atoms with Gasteiger partial charge in [-0.3, -0.25) is 14.3 Å². The molecule has 0 unspecified atom stereocenters. The van der Waals surface area contributed by atoms with Crippen molar-refractivity contribution in [3.63, 3.8) is 0 Å². The standard InChI is InChI=1S/C14H15N3O4/c1-10-4-2-3-5-12(10)21-9-13(18)16-11-6-15-17(7-11)8-14(19)20/h2-7H,8-9H2,1H3,(H,16,18)(H,19,20). The lowest BCUT2D eigenvalue weighted by Crippen LogP contribution is -2.20. The van der Waals surface area contributed by atoms with Crippen LogP contribution in [0.1, 0.15) is 5.56 Å². The molecule has 2 aromatic rings. The molecule has 1 aromatic carbocycles. The summed E-state index contributed by atoms with van der Waals surface area (Å²) in [5, 5.41) is 15.0. The van der Waals surface area contributed by atoms with Gasteiger partial charge in [0.2, 0.25) is 0 Å². The Balaban J connectivity index is 1.86. The Morgan fingerprint density at radius 3 is 2.86 bits per heavy atom. The average Bonchev–Trinajstić information content (AvgIpc) is 2.84. The number of aromatic nitrogens is 2. The van der Waals surface area contributed by atoms with Crippen LogP contribution < -0.4 is 10.1 Å². The third kappa shape index (κ3) is 4.34. The molecule has 1 heterocycles. The summed E-state index contributed by atoms with van der Waals surface area (Å²) in [6.07, 6.45) is 2.83. The van der Waals surface area contributed by atoms with Crippen LogP contribution in [0.2, 0.25) is 0 Å². The van der Waals surface area contributed by atoms with Crippen molar-refractivity contribution in [2.75, 3.05) is 11.9 Å². The molecule has 21 heavy (non-hydrogen) atoms. The monoisotopic (exact) mass is 289 g/mol. The molecule has 2 N–H and O–H groups in total. The van der Waals surface area contributed by atoms with Crippen molar-refractivity contribution in [2.45, 2.75) is 13.5 Å². The van der Waals surface area contributed by atoms with E-state index in [4.69, 9.17) is 9.84 Å². The Labute approximate surface area is 121 Å². The topological polar surface area (TPSA) is 93.5 Å². The van der Waals surface area contributed by atoms with Gasteiger partial charge in [0.1, 0.15) is 12.3 Å². The highest BCUT2D eigenvalue weighted by molar-refractivity contribution is 5.91. The van der Waals surface area contributed by atoms with Crippen LogP contribution in [0.15, 0.2) is 36.7 Å². The van der Waals surface area contributed by atoms with Gasteiger partial charge in [-0.2, -0.15) is 5.10 Å². The van der Waals surface area contributed by atoms with Gasteiger partial charge in [-0.25, -0.2) is 0 Å². The van der Waals surface area contributed by atoms with Gasteiger partial charge >= 0.3 is 5.97 Å². The maximum atomic E-state index is 11.7. The first-order valence-electron chi connectivity index (χ1n) is 6.27. The van der Waals surface area contributed by atoms with Crippen molar-refractivity contribution in [1.29, 1.82) is 0 Å². The zero-order valence-electron chi connectivity index (χ0n) is 11.4. The van der Waals surface area contributed by atoms with E-state index in [0.717, 1.165) is 5.56 Å². The number of benzene rings is 1. The Hall–Kier alpha value is -2.83. The fraction of sp³-hybridized carbons (Fsp3) is 0.214. The largest absolute Gasteiger partial charge is 0.483 e. The molecular formula is C14H15N3O4. The summed E-state index contributed by atoms with van der Waals surface area (Å²) < 4.78 is 6.63. The summed E-state index contributed by atoms with van der Waals surface area (Å²) in [5.74, 6) is -0.693. The molecule has 0 radical (unpaired) electrons. The first kappa shape index (κ1) is 14.6. The van der Waals surface area contributed by atoms with Crippen molar-refractivity contribution in [3.05, 3.63) is 42.2 Å². The van der Waals surface area contributed by atoms with Gasteiger partial charge in [-0.15, -0.1) is 0 Å². The summed E-state index contributed by atoms with van der Waals surface area (Å²) in [6.45, 7) is 1.51. The quantitative estimate of drug-likeness (QED) is 0.836. The van der Waals surface area contributed by atoms with E-state index in [9.17, 15) is 9.59 Å². The maximum Gasteiger partial charge on any atom is 0.325 e. The first-order valence-corrected chi connectivity index (χ1v) is 6.27. The zero-order valence-corrected chi connectivity index (χ0v) is 11.4. The molecule has 0 saturated heterocycles. The van der Waals surface area contributed by atoms with Crippen LogP contribution in [-0.4, -0.2) is 33.4 Å². The van der Waals surface area contributed by atoms with E-state index in [1.165, 1.54) is 17.1 Å². The number of amides is 1. The fourth-order valence-corrected chi connectivity index (χ4v) is 1.71. The summed E-state index contributed by atoms with van der Waals surface area (Å²) in [6, 6.07) is 7.39. The minimum Gasteiger partial charge on any atom is -0.483 e. The molecule has 7 heteroatoms. The molecule has 1 amide bonds. The van der Waals surface area contributed by atoms with Crippen LogP contribution >= 0.6 is 0 Å². The van der Waals surface area contributed by atoms with Gasteiger partial charge in [0.25, 0.3) is 5.91 Å². The highest BCUT2D eigenvalue weighted by Gasteiger charge is 2.08. The van der Waals surface area contributed by atoms with Crippen molar-refractivity contribution in [1.82, 2.24) is 9.78 Å². The summed E-state index contributed by atoms with van der Waals surface area (Å²) in [4.78, 5) is 22.3. The third-order valence-corrected chi connectivity index (χ3v) is 2.67. The number of nitrogens with one attached hydrogen (secondary N) is 1. The Morgan fingerprint density at radius 2 is 2.14 bits per heavy atom. The molecule has 0 atom stereocenters. The van der Waals surface area contributed by atoms with Gasteiger partial charge in [0, 0.05) is 6.20 Å². The second-order valence-electron chi connectivity index (χ2n) is 4.42. The molecule has 110 valence electrons. The van der Waals surface area contributed by atoms with Gasteiger partial charge in [0.05, 0.1) is 11.9 Å². The van der Waals surface area contributed by atoms with E-state index in [1.54, 1.807) is 6.07 Å². The van der Waals surface area contributed by atoms with Crippen LogP contribution in [0, 0.1) is 6.92 Å². The minimum atomic E-state index is -1.00. The second-order valence-corrected chi connectivity index (χ2v) is 4.42. The second kappa shape index (κ2) is 6.56. The molecule has 0 aliphatic rings. The number of aryl methyl sites for hydroxylation is 1. The van der Waals surface area contributed by atoms with Crippen LogP contribution in [-0.2, 0) is 16.1 Å². The van der Waals surface area contributed by atoms with Gasteiger partial charge < -0.3 is 15.2 Å². The molecule has 0 spiro atoms. The van der Waals surface area contributed by atoms with E-state index in [2.05, 4.69) is 10.4 Å². The summed E-state index contributed by atoms with van der Waals surface area (Å²) in [5.41, 5.74) is 1.37. The number of para-hydroxylation sites is 1. The molecule has 0 fully saturated rings. The number of anilines is 1. The zero-order chi connectivity index (χ0) is 15.2. The maximum absolute atomic E-state index is 11.7. The molecule has 2 rings (SSSR count). The van der Waals surface area contributed by atoms with Crippen LogP contribution in [0.5, 0.6) is 5.75 Å². The van der Waals surface area contributed by atoms with E-state index in [0.29, 0.717) is 11.4 Å². The van der Waals surface area contributed by atoms with E-state index in [-0.39, 0.29) is 19.1 Å². The number of nitrogens with zero attached hydrogens (tertiary/aromatic N) is 2. The smallest absolute Gasteiger partial charge is 0.325 e. The molecule has 0 aliphatic carbocycles. The lowest BCUT2D eigenvalue weighted by molar-refractivity contribution is -0.137. The molecular weight excluding hydrogens is 274 g/mol. The minimum absolute atomic E-state index is 0.130. The first-order chi connectivity index (χ1) is 10.0. The fourth-order valence-electron chi connectivity index (χ4n) is 1.71. The number of hydrogen-bond acceptors (Lipinski definition) is 4. The molecule has 0 bridgehead atoms. The predicted octanol–water partition coefficient (Wildman–Crippen LogP) is 1.29. The SMILES string of the molecule is Cc1ccccc1OCC(=O)Nc1cnn(CC(=O)O)c1. The Bertz CT molecular complexity index is 651. The number of carboxylic acid groups (broad SMARTS) is 1. The van der Waals surface area contributed by atoms with Crippen LogP contribution in [0.25, 0.3) is 0 Å². The number of hydrogen-bond donors (Lipinski definition) is 2. The number of carbonyl (C=O) groups is 2. The number of carboxylic acids is 1. The average molecular weight is 289 g/mol. The third-order valence-electron chi connectivity index (χ3n) is 2.67. The van der Waals surface area contributed by atoms with Gasteiger partial charge in [-0.05, 0) is 18.6 Å². The predicted molar refractivity (Wildman–Crippen MR) is 75.2 cm³/mol. The van der Waals surface area contributed by atoms with Crippen molar-refractivity contribution in [3.8, 4) is 5.75 Å². The lowest BCUT2D eigenvalue weighted by Gasteiger charge is -2.08. The van der Waals surface area contributed by atoms with Gasteiger partial charge in [0.15, 0.2) is 6.61 Å². The Morgan fingerprint density at radius 1 is 1.38 bits per heavy atom. The van der Waals surface area contributed by atoms with Crippen molar-refractivity contribution < 1.29 is 19.4 Å². The highest BCUT2D eigenvalue weighted by Crippen LogP contribution is 2.16. The normalized spacial score (nSPS) is 10.1. The molecule has 1 aromatic heterocycles. The van der Waals surface area contributed by atoms with E-state index < -0.39 is 5.97 Å². The van der Waals surface area contributed by atoms with Gasteiger partial charge in [-0.1, -0.05) is 18.2 Å². The lowest BCUT2D eigenvalue weighted by atomic mass is 10.2.